The van der Waals surface area contributed by atoms with Crippen molar-refractivity contribution in [3.63, 3.8) is 0 Å². The number of ether oxygens (including phenoxy) is 1. The summed E-state index contributed by atoms with van der Waals surface area (Å²) in [5.74, 6) is 0.129. The minimum Gasteiger partial charge on any atom is -0.484 e. The summed E-state index contributed by atoms with van der Waals surface area (Å²) in [6, 6.07) is 4.57. The second-order valence-electron chi connectivity index (χ2n) is 4.43. The van der Waals surface area contributed by atoms with Crippen molar-refractivity contribution in [3.05, 3.63) is 34.5 Å². The zero-order valence-electron chi connectivity index (χ0n) is 11.0. The van der Waals surface area contributed by atoms with E-state index in [-0.39, 0.29) is 5.75 Å². The monoisotopic (exact) mass is 303 g/mol. The minimum absolute atomic E-state index is 0.129. The number of aromatic nitrogens is 1. The summed E-state index contributed by atoms with van der Waals surface area (Å²) in [7, 11) is 0. The fourth-order valence-corrected chi connectivity index (χ4v) is 2.45. The SMILES string of the molecule is CCc1c(C)nc2ccc(OCC(F)(F)F)cc2c1Cl. The van der Waals surface area contributed by atoms with Gasteiger partial charge in [-0.1, -0.05) is 18.5 Å². The lowest BCUT2D eigenvalue weighted by Crippen LogP contribution is -2.19. The maximum atomic E-state index is 12.1. The Hall–Kier alpha value is -1.49. The first kappa shape index (κ1) is 14.9. The van der Waals surface area contributed by atoms with E-state index in [9.17, 15) is 13.2 Å². The van der Waals surface area contributed by atoms with Crippen LogP contribution in [0, 0.1) is 6.92 Å². The summed E-state index contributed by atoms with van der Waals surface area (Å²) < 4.78 is 41.2. The molecule has 0 fully saturated rings. The highest BCUT2D eigenvalue weighted by Crippen LogP contribution is 2.31. The quantitative estimate of drug-likeness (QED) is 0.820. The van der Waals surface area contributed by atoms with Crippen molar-refractivity contribution in [3.8, 4) is 5.75 Å². The van der Waals surface area contributed by atoms with Gasteiger partial charge in [-0.05, 0) is 37.1 Å². The molecule has 6 heteroatoms. The number of fused-ring (bicyclic) bond motifs is 1. The van der Waals surface area contributed by atoms with E-state index in [2.05, 4.69) is 4.98 Å². The van der Waals surface area contributed by atoms with Gasteiger partial charge in [0.25, 0.3) is 0 Å². The number of alkyl halides is 3. The number of benzene rings is 1. The van der Waals surface area contributed by atoms with Crippen LogP contribution in [0.25, 0.3) is 10.9 Å². The Balaban J connectivity index is 2.43. The molecule has 108 valence electrons. The fourth-order valence-electron chi connectivity index (χ4n) is 2.02. The second-order valence-corrected chi connectivity index (χ2v) is 4.80. The first-order valence-electron chi connectivity index (χ1n) is 6.10. The Morgan fingerprint density at radius 1 is 1.30 bits per heavy atom. The van der Waals surface area contributed by atoms with Crippen LogP contribution >= 0.6 is 11.6 Å². The van der Waals surface area contributed by atoms with E-state index in [4.69, 9.17) is 16.3 Å². The maximum absolute atomic E-state index is 12.1. The van der Waals surface area contributed by atoms with Gasteiger partial charge in [0, 0.05) is 11.1 Å². The van der Waals surface area contributed by atoms with Gasteiger partial charge in [-0.3, -0.25) is 4.98 Å². The third-order valence-electron chi connectivity index (χ3n) is 2.95. The van der Waals surface area contributed by atoms with Gasteiger partial charge in [-0.2, -0.15) is 13.2 Å². The summed E-state index contributed by atoms with van der Waals surface area (Å²) in [6.07, 6.45) is -3.65. The molecule has 0 aliphatic rings. The number of hydrogen-bond donors (Lipinski definition) is 0. The van der Waals surface area contributed by atoms with Gasteiger partial charge in [0.2, 0.25) is 0 Å². The summed E-state index contributed by atoms with van der Waals surface area (Å²) in [6.45, 7) is 2.49. The topological polar surface area (TPSA) is 22.1 Å². The summed E-state index contributed by atoms with van der Waals surface area (Å²) >= 11 is 6.29. The van der Waals surface area contributed by atoms with Crippen LogP contribution in [0.1, 0.15) is 18.2 Å². The lowest BCUT2D eigenvalue weighted by molar-refractivity contribution is -0.153. The van der Waals surface area contributed by atoms with Gasteiger partial charge >= 0.3 is 6.18 Å². The van der Waals surface area contributed by atoms with Gasteiger partial charge in [0.1, 0.15) is 5.75 Å². The number of rotatable bonds is 3. The zero-order valence-corrected chi connectivity index (χ0v) is 11.8. The predicted octanol–water partition coefficient (Wildman–Crippen LogP) is 4.70. The molecular formula is C14H13ClF3NO. The molecule has 1 aromatic heterocycles. The molecular weight excluding hydrogens is 291 g/mol. The normalized spacial score (nSPS) is 11.9. The molecule has 20 heavy (non-hydrogen) atoms. The van der Waals surface area contributed by atoms with Crippen molar-refractivity contribution < 1.29 is 17.9 Å². The van der Waals surface area contributed by atoms with Crippen LogP contribution < -0.4 is 4.74 Å². The Morgan fingerprint density at radius 2 is 2.00 bits per heavy atom. The van der Waals surface area contributed by atoms with Crippen LogP contribution in [0.4, 0.5) is 13.2 Å². The van der Waals surface area contributed by atoms with Gasteiger partial charge in [-0.15, -0.1) is 0 Å². The number of halogens is 4. The smallest absolute Gasteiger partial charge is 0.422 e. The van der Waals surface area contributed by atoms with Crippen molar-refractivity contribution in [2.45, 2.75) is 26.4 Å². The third kappa shape index (κ3) is 3.15. The van der Waals surface area contributed by atoms with Crippen LogP contribution in [0.15, 0.2) is 18.2 Å². The van der Waals surface area contributed by atoms with E-state index >= 15 is 0 Å². The van der Waals surface area contributed by atoms with Crippen molar-refractivity contribution in [2.24, 2.45) is 0 Å². The van der Waals surface area contributed by atoms with Gasteiger partial charge in [0.15, 0.2) is 6.61 Å². The summed E-state index contributed by atoms with van der Waals surface area (Å²) in [5, 5.41) is 1.13. The van der Waals surface area contributed by atoms with Gasteiger partial charge in [-0.25, -0.2) is 0 Å². The molecule has 2 aromatic rings. The maximum Gasteiger partial charge on any atom is 0.422 e. The lowest BCUT2D eigenvalue weighted by Gasteiger charge is -2.12. The Kier molecular flexibility index (Phi) is 4.09. The molecule has 0 amide bonds. The first-order valence-corrected chi connectivity index (χ1v) is 6.48. The Labute approximate surface area is 119 Å². The van der Waals surface area contributed by atoms with Crippen LogP contribution in [-0.4, -0.2) is 17.8 Å². The number of nitrogens with zero attached hydrogens (tertiary/aromatic N) is 1. The highest BCUT2D eigenvalue weighted by atomic mass is 35.5. The molecule has 2 nitrogen and oxygen atoms in total. The third-order valence-corrected chi connectivity index (χ3v) is 3.38. The molecule has 0 radical (unpaired) electrons. The number of hydrogen-bond acceptors (Lipinski definition) is 2. The molecule has 0 aliphatic heterocycles. The average molecular weight is 304 g/mol. The molecule has 0 saturated carbocycles. The van der Waals surface area contributed by atoms with Crippen molar-refractivity contribution in [1.82, 2.24) is 4.98 Å². The van der Waals surface area contributed by atoms with Crippen molar-refractivity contribution in [1.29, 1.82) is 0 Å². The Morgan fingerprint density at radius 3 is 2.60 bits per heavy atom. The molecule has 0 aliphatic carbocycles. The van der Waals surface area contributed by atoms with E-state index in [1.807, 2.05) is 13.8 Å². The van der Waals surface area contributed by atoms with E-state index in [1.54, 1.807) is 6.07 Å². The predicted molar refractivity (Wildman–Crippen MR) is 72.4 cm³/mol. The number of aryl methyl sites for hydroxylation is 1. The molecule has 1 heterocycles. The van der Waals surface area contributed by atoms with Crippen LogP contribution in [-0.2, 0) is 6.42 Å². The molecule has 2 rings (SSSR count). The van der Waals surface area contributed by atoms with E-state index in [0.717, 1.165) is 11.3 Å². The Bertz CT molecular complexity index is 640. The van der Waals surface area contributed by atoms with E-state index < -0.39 is 12.8 Å². The van der Waals surface area contributed by atoms with Crippen LogP contribution in [0.3, 0.4) is 0 Å². The molecule has 0 atom stereocenters. The van der Waals surface area contributed by atoms with E-state index in [1.165, 1.54) is 12.1 Å². The van der Waals surface area contributed by atoms with E-state index in [0.29, 0.717) is 22.3 Å². The molecule has 0 spiro atoms. The summed E-state index contributed by atoms with van der Waals surface area (Å²) in [5.41, 5.74) is 2.37. The largest absolute Gasteiger partial charge is 0.484 e. The van der Waals surface area contributed by atoms with Gasteiger partial charge in [0.05, 0.1) is 10.5 Å². The number of pyridine rings is 1. The standard InChI is InChI=1S/C14H13ClF3NO/c1-3-10-8(2)19-12-5-4-9(6-11(12)13(10)15)20-7-14(16,17)18/h4-6H,3,7H2,1-2H3. The molecule has 0 unspecified atom stereocenters. The lowest BCUT2D eigenvalue weighted by atomic mass is 10.1. The van der Waals surface area contributed by atoms with Crippen LogP contribution in [0.5, 0.6) is 5.75 Å². The second kappa shape index (κ2) is 5.48. The molecule has 0 saturated heterocycles. The first-order chi connectivity index (χ1) is 9.31. The van der Waals surface area contributed by atoms with Gasteiger partial charge < -0.3 is 4.74 Å². The zero-order chi connectivity index (χ0) is 14.9. The van der Waals surface area contributed by atoms with Crippen LogP contribution in [0.2, 0.25) is 5.02 Å². The summed E-state index contributed by atoms with van der Waals surface area (Å²) in [4.78, 5) is 4.40. The fraction of sp³-hybridized carbons (Fsp3) is 0.357. The highest BCUT2D eigenvalue weighted by Gasteiger charge is 2.28. The molecule has 0 bridgehead atoms. The molecule has 1 aromatic carbocycles. The van der Waals surface area contributed by atoms with Crippen molar-refractivity contribution in [2.75, 3.05) is 6.61 Å². The minimum atomic E-state index is -4.36. The average Bonchev–Trinajstić information content (AvgIpc) is 2.36. The van der Waals surface area contributed by atoms with Crippen molar-refractivity contribution >= 4 is 22.5 Å². The highest BCUT2D eigenvalue weighted by molar-refractivity contribution is 6.36. The molecule has 0 N–H and O–H groups in total.